The van der Waals surface area contributed by atoms with Crippen LogP contribution in [0.2, 0.25) is 5.02 Å². The van der Waals surface area contributed by atoms with Crippen LogP contribution in [-0.2, 0) is 4.79 Å². The molecule has 0 saturated heterocycles. The molecule has 0 spiro atoms. The summed E-state index contributed by atoms with van der Waals surface area (Å²) in [4.78, 5) is 11.9. The molecule has 0 aliphatic heterocycles. The second-order valence-electron chi connectivity index (χ2n) is 5.14. The molecule has 1 amide bonds. The summed E-state index contributed by atoms with van der Waals surface area (Å²) in [6.07, 6.45) is 0. The Morgan fingerprint density at radius 1 is 1.19 bits per heavy atom. The number of methoxy groups -OCH3 is 2. The summed E-state index contributed by atoms with van der Waals surface area (Å²) < 4.78 is 10.4. The molecule has 118 valence electrons. The summed E-state index contributed by atoms with van der Waals surface area (Å²) >= 11 is 6.08. The summed E-state index contributed by atoms with van der Waals surface area (Å²) in [5.41, 5.74) is 0.649. The molecule has 1 aromatic rings. The molecule has 1 atom stereocenters. The minimum atomic E-state index is -0.0785. The van der Waals surface area contributed by atoms with Gasteiger partial charge in [-0.1, -0.05) is 25.4 Å². The smallest absolute Gasteiger partial charge is 0.239 e. The lowest BCUT2D eigenvalue weighted by Crippen LogP contribution is -2.39. The largest absolute Gasteiger partial charge is 0.495 e. The summed E-state index contributed by atoms with van der Waals surface area (Å²) in [6, 6.07) is 3.48. The van der Waals surface area contributed by atoms with E-state index in [0.717, 1.165) is 0 Å². The Kier molecular flexibility index (Phi) is 6.62. The molecule has 0 radical (unpaired) electrons. The van der Waals surface area contributed by atoms with Gasteiger partial charge in [0.05, 0.1) is 31.5 Å². The lowest BCUT2D eigenvalue weighted by molar-refractivity contribution is -0.120. The predicted octanol–water partition coefficient (Wildman–Crippen LogP) is 2.93. The second kappa shape index (κ2) is 7.98. The first-order valence-electron chi connectivity index (χ1n) is 6.83. The maximum absolute atomic E-state index is 11.9. The first-order chi connectivity index (χ1) is 9.88. The first-order valence-corrected chi connectivity index (χ1v) is 7.21. The van der Waals surface area contributed by atoms with E-state index in [9.17, 15) is 4.79 Å². The Hall–Kier alpha value is -1.62. The molecule has 0 heterocycles. The number of hydrogen-bond acceptors (Lipinski definition) is 4. The van der Waals surface area contributed by atoms with Crippen molar-refractivity contribution in [2.75, 3.05) is 26.1 Å². The SMILES string of the molecule is COc1cc(OC)c(NCC(=O)NC(C)C(C)C)cc1Cl. The van der Waals surface area contributed by atoms with Gasteiger partial charge in [-0.15, -0.1) is 0 Å². The highest BCUT2D eigenvalue weighted by atomic mass is 35.5. The van der Waals surface area contributed by atoms with Gasteiger partial charge in [0, 0.05) is 12.1 Å². The zero-order chi connectivity index (χ0) is 16.0. The molecule has 5 nitrogen and oxygen atoms in total. The van der Waals surface area contributed by atoms with Crippen LogP contribution in [0.4, 0.5) is 5.69 Å². The van der Waals surface area contributed by atoms with E-state index >= 15 is 0 Å². The quantitative estimate of drug-likeness (QED) is 0.812. The monoisotopic (exact) mass is 314 g/mol. The van der Waals surface area contributed by atoms with Crippen LogP contribution in [0.1, 0.15) is 20.8 Å². The molecule has 0 aromatic heterocycles. The molecule has 0 aliphatic rings. The lowest BCUT2D eigenvalue weighted by Gasteiger charge is -2.18. The third-order valence-corrected chi connectivity index (χ3v) is 3.60. The molecule has 1 aromatic carbocycles. The summed E-state index contributed by atoms with van der Waals surface area (Å²) in [5.74, 6) is 1.40. The van der Waals surface area contributed by atoms with Crippen molar-refractivity contribution in [2.24, 2.45) is 5.92 Å². The van der Waals surface area contributed by atoms with Crippen LogP contribution >= 0.6 is 11.6 Å². The Labute approximate surface area is 131 Å². The van der Waals surface area contributed by atoms with Crippen molar-refractivity contribution in [2.45, 2.75) is 26.8 Å². The number of anilines is 1. The van der Waals surface area contributed by atoms with E-state index in [1.54, 1.807) is 19.2 Å². The van der Waals surface area contributed by atoms with Crippen LogP contribution in [0, 0.1) is 5.92 Å². The zero-order valence-electron chi connectivity index (χ0n) is 13.1. The number of carbonyl (C=O) groups excluding carboxylic acids is 1. The fourth-order valence-corrected chi connectivity index (χ4v) is 1.89. The van der Waals surface area contributed by atoms with Crippen molar-refractivity contribution >= 4 is 23.2 Å². The zero-order valence-corrected chi connectivity index (χ0v) is 13.9. The molecule has 6 heteroatoms. The van der Waals surface area contributed by atoms with Gasteiger partial charge < -0.3 is 20.1 Å². The minimum absolute atomic E-state index is 0.0785. The van der Waals surface area contributed by atoms with E-state index in [-0.39, 0.29) is 18.5 Å². The first kappa shape index (κ1) is 17.4. The highest BCUT2D eigenvalue weighted by Crippen LogP contribution is 2.35. The van der Waals surface area contributed by atoms with E-state index in [2.05, 4.69) is 24.5 Å². The molecule has 2 N–H and O–H groups in total. The maximum Gasteiger partial charge on any atom is 0.239 e. The normalized spacial score (nSPS) is 12.0. The Morgan fingerprint density at radius 2 is 1.81 bits per heavy atom. The van der Waals surface area contributed by atoms with E-state index in [1.165, 1.54) is 7.11 Å². The van der Waals surface area contributed by atoms with Gasteiger partial charge in [0.25, 0.3) is 0 Å². The van der Waals surface area contributed by atoms with Gasteiger partial charge >= 0.3 is 0 Å². The molecular formula is C15H23ClN2O3. The van der Waals surface area contributed by atoms with Crippen molar-refractivity contribution in [3.63, 3.8) is 0 Å². The van der Waals surface area contributed by atoms with Crippen LogP contribution in [-0.4, -0.2) is 32.7 Å². The third-order valence-electron chi connectivity index (χ3n) is 3.30. The summed E-state index contributed by atoms with van der Waals surface area (Å²) in [7, 11) is 3.09. The third kappa shape index (κ3) is 5.01. The van der Waals surface area contributed by atoms with Crippen molar-refractivity contribution < 1.29 is 14.3 Å². The van der Waals surface area contributed by atoms with Crippen LogP contribution < -0.4 is 20.1 Å². The lowest BCUT2D eigenvalue weighted by atomic mass is 10.1. The number of halogens is 1. The molecule has 21 heavy (non-hydrogen) atoms. The van der Waals surface area contributed by atoms with Gasteiger partial charge in [-0.3, -0.25) is 4.79 Å². The summed E-state index contributed by atoms with van der Waals surface area (Å²) in [5, 5.41) is 6.40. The number of carbonyl (C=O) groups is 1. The van der Waals surface area contributed by atoms with Gasteiger partial charge in [0.1, 0.15) is 11.5 Å². The van der Waals surface area contributed by atoms with Gasteiger partial charge in [0.15, 0.2) is 0 Å². The topological polar surface area (TPSA) is 59.6 Å². The number of nitrogens with one attached hydrogen (secondary N) is 2. The van der Waals surface area contributed by atoms with Gasteiger partial charge in [0.2, 0.25) is 5.91 Å². The summed E-state index contributed by atoms with van der Waals surface area (Å²) in [6.45, 7) is 6.25. The molecule has 0 fully saturated rings. The van der Waals surface area contributed by atoms with Crippen LogP contribution in [0.3, 0.4) is 0 Å². The van der Waals surface area contributed by atoms with Crippen LogP contribution in [0.15, 0.2) is 12.1 Å². The standard InChI is InChI=1S/C15H23ClN2O3/c1-9(2)10(3)18-15(19)8-17-12-6-11(16)13(20-4)7-14(12)21-5/h6-7,9-10,17H,8H2,1-5H3,(H,18,19). The van der Waals surface area contributed by atoms with E-state index in [0.29, 0.717) is 28.1 Å². The van der Waals surface area contributed by atoms with Crippen molar-refractivity contribution in [1.82, 2.24) is 5.32 Å². The molecule has 0 aliphatic carbocycles. The highest BCUT2D eigenvalue weighted by molar-refractivity contribution is 6.32. The Balaban J connectivity index is 2.71. The van der Waals surface area contributed by atoms with Crippen molar-refractivity contribution in [3.05, 3.63) is 17.2 Å². The predicted molar refractivity (Wildman–Crippen MR) is 85.5 cm³/mol. The number of benzene rings is 1. The van der Waals surface area contributed by atoms with E-state index in [4.69, 9.17) is 21.1 Å². The number of amides is 1. The van der Waals surface area contributed by atoms with Crippen LogP contribution in [0.5, 0.6) is 11.5 Å². The van der Waals surface area contributed by atoms with Crippen molar-refractivity contribution in [3.8, 4) is 11.5 Å². The fourth-order valence-electron chi connectivity index (χ4n) is 1.65. The number of hydrogen-bond donors (Lipinski definition) is 2. The van der Waals surface area contributed by atoms with Crippen LogP contribution in [0.25, 0.3) is 0 Å². The van der Waals surface area contributed by atoms with Gasteiger partial charge in [-0.25, -0.2) is 0 Å². The maximum atomic E-state index is 11.9. The second-order valence-corrected chi connectivity index (χ2v) is 5.55. The molecule has 1 unspecified atom stereocenters. The molecule has 0 bridgehead atoms. The Morgan fingerprint density at radius 3 is 2.33 bits per heavy atom. The minimum Gasteiger partial charge on any atom is -0.495 e. The van der Waals surface area contributed by atoms with Gasteiger partial charge in [-0.2, -0.15) is 0 Å². The molecule has 0 saturated carbocycles. The Bertz CT molecular complexity index is 492. The molecular weight excluding hydrogens is 292 g/mol. The molecule has 1 rings (SSSR count). The van der Waals surface area contributed by atoms with Crippen molar-refractivity contribution in [1.29, 1.82) is 0 Å². The van der Waals surface area contributed by atoms with E-state index < -0.39 is 0 Å². The van der Waals surface area contributed by atoms with Gasteiger partial charge in [-0.05, 0) is 18.9 Å². The van der Waals surface area contributed by atoms with E-state index in [1.807, 2.05) is 6.92 Å². The highest BCUT2D eigenvalue weighted by Gasteiger charge is 2.13. The average Bonchev–Trinajstić information content (AvgIpc) is 2.44. The fraction of sp³-hybridized carbons (Fsp3) is 0.533. The number of ether oxygens (including phenoxy) is 2. The average molecular weight is 315 g/mol. The number of rotatable bonds is 7.